The number of halogens is 1. The molecule has 0 spiro atoms. The first kappa shape index (κ1) is 18.8. The number of anilines is 1. The van der Waals surface area contributed by atoms with Gasteiger partial charge in [-0.1, -0.05) is 30.3 Å². The third kappa shape index (κ3) is 5.28. The molecule has 1 fully saturated rings. The first-order valence-electron chi connectivity index (χ1n) is 8.35. The van der Waals surface area contributed by atoms with E-state index in [0.717, 1.165) is 10.0 Å². The Morgan fingerprint density at radius 1 is 1.27 bits per heavy atom. The number of ether oxygens (including phenoxy) is 1. The molecule has 1 aliphatic heterocycles. The molecule has 0 bridgehead atoms. The summed E-state index contributed by atoms with van der Waals surface area (Å²) in [5.74, 6) is 0. The smallest absolute Gasteiger partial charge is 0.410 e. The molecular weight excluding hydrogens is 418 g/mol. The van der Waals surface area contributed by atoms with E-state index >= 15 is 0 Å². The Morgan fingerprint density at radius 3 is 2.69 bits per heavy atom. The average molecular weight is 438 g/mol. The summed E-state index contributed by atoms with van der Waals surface area (Å²) in [6, 6.07) is 11.4. The molecular formula is C18H20BrN3O3S. The summed E-state index contributed by atoms with van der Waals surface area (Å²) in [6.45, 7) is 1.36. The summed E-state index contributed by atoms with van der Waals surface area (Å²) in [7, 11) is -1.22. The van der Waals surface area contributed by atoms with Gasteiger partial charge in [0, 0.05) is 23.8 Å². The zero-order valence-corrected chi connectivity index (χ0v) is 16.5. The largest absolute Gasteiger partial charge is 0.445 e. The SMILES string of the molecule is O=C(OCc1ccccc1)N1CCC(S(=O)Nc2cncc(Br)c2)CC1. The van der Waals surface area contributed by atoms with Gasteiger partial charge in [-0.2, -0.15) is 0 Å². The number of pyridine rings is 1. The molecule has 1 saturated heterocycles. The second kappa shape index (κ2) is 9.14. The van der Waals surface area contributed by atoms with Gasteiger partial charge in [0.2, 0.25) is 0 Å². The molecule has 26 heavy (non-hydrogen) atoms. The van der Waals surface area contributed by atoms with Crippen LogP contribution in [0.4, 0.5) is 10.5 Å². The van der Waals surface area contributed by atoms with Crippen LogP contribution in [-0.4, -0.2) is 38.5 Å². The van der Waals surface area contributed by atoms with E-state index < -0.39 is 11.0 Å². The van der Waals surface area contributed by atoms with Crippen molar-refractivity contribution >= 4 is 38.7 Å². The second-order valence-corrected chi connectivity index (χ2v) is 8.40. The van der Waals surface area contributed by atoms with Crippen molar-refractivity contribution in [3.63, 3.8) is 0 Å². The van der Waals surface area contributed by atoms with E-state index in [1.165, 1.54) is 0 Å². The normalized spacial score (nSPS) is 16.1. The van der Waals surface area contributed by atoms with Gasteiger partial charge in [-0.05, 0) is 40.4 Å². The molecule has 2 heterocycles. The lowest BCUT2D eigenvalue weighted by Gasteiger charge is -2.30. The van der Waals surface area contributed by atoms with Crippen molar-refractivity contribution in [1.82, 2.24) is 9.88 Å². The van der Waals surface area contributed by atoms with E-state index in [-0.39, 0.29) is 18.0 Å². The summed E-state index contributed by atoms with van der Waals surface area (Å²) >= 11 is 3.34. The highest BCUT2D eigenvalue weighted by molar-refractivity contribution is 9.10. The molecule has 1 N–H and O–H groups in total. The minimum Gasteiger partial charge on any atom is -0.445 e. The Kier molecular flexibility index (Phi) is 6.62. The highest BCUT2D eigenvalue weighted by atomic mass is 79.9. The van der Waals surface area contributed by atoms with Crippen LogP contribution in [0.3, 0.4) is 0 Å². The van der Waals surface area contributed by atoms with Crippen LogP contribution >= 0.6 is 15.9 Å². The Bertz CT molecular complexity index is 767. The van der Waals surface area contributed by atoms with Gasteiger partial charge in [0.1, 0.15) is 17.6 Å². The molecule has 0 aliphatic carbocycles. The van der Waals surface area contributed by atoms with E-state index in [9.17, 15) is 9.00 Å². The van der Waals surface area contributed by atoms with Gasteiger partial charge in [-0.15, -0.1) is 0 Å². The number of nitrogens with zero attached hydrogens (tertiary/aromatic N) is 2. The van der Waals surface area contributed by atoms with Crippen LogP contribution < -0.4 is 4.72 Å². The second-order valence-electron chi connectivity index (χ2n) is 6.02. The number of benzene rings is 1. The van der Waals surface area contributed by atoms with Crippen LogP contribution in [0.25, 0.3) is 0 Å². The van der Waals surface area contributed by atoms with Crippen LogP contribution in [0.2, 0.25) is 0 Å². The number of hydrogen-bond acceptors (Lipinski definition) is 4. The van der Waals surface area contributed by atoms with Crippen LogP contribution in [-0.2, 0) is 22.3 Å². The highest BCUT2D eigenvalue weighted by Crippen LogP contribution is 2.20. The molecule has 1 amide bonds. The fourth-order valence-electron chi connectivity index (χ4n) is 2.73. The number of nitrogens with one attached hydrogen (secondary N) is 1. The lowest BCUT2D eigenvalue weighted by atomic mass is 10.1. The molecule has 1 unspecified atom stereocenters. The number of rotatable bonds is 5. The average Bonchev–Trinajstić information content (AvgIpc) is 2.67. The number of likely N-dealkylation sites (tertiary alicyclic amines) is 1. The number of hydrogen-bond donors (Lipinski definition) is 1. The summed E-state index contributed by atoms with van der Waals surface area (Å²) in [5.41, 5.74) is 1.67. The quantitative estimate of drug-likeness (QED) is 0.773. The molecule has 3 rings (SSSR count). The molecule has 1 aromatic heterocycles. The van der Waals surface area contributed by atoms with Crippen LogP contribution in [0.15, 0.2) is 53.3 Å². The van der Waals surface area contributed by atoms with E-state index in [1.54, 1.807) is 17.3 Å². The fraction of sp³-hybridized carbons (Fsp3) is 0.333. The van der Waals surface area contributed by atoms with Crippen molar-refractivity contribution in [2.24, 2.45) is 0 Å². The maximum Gasteiger partial charge on any atom is 0.410 e. The summed E-state index contributed by atoms with van der Waals surface area (Å²) in [4.78, 5) is 17.9. The van der Waals surface area contributed by atoms with E-state index in [4.69, 9.17) is 4.74 Å². The van der Waals surface area contributed by atoms with E-state index in [0.29, 0.717) is 31.6 Å². The molecule has 8 heteroatoms. The third-order valence-corrected chi connectivity index (χ3v) is 6.08. The van der Waals surface area contributed by atoms with Crippen molar-refractivity contribution < 1.29 is 13.7 Å². The van der Waals surface area contributed by atoms with Gasteiger partial charge >= 0.3 is 6.09 Å². The minimum atomic E-state index is -1.22. The Balaban J connectivity index is 1.44. The summed E-state index contributed by atoms with van der Waals surface area (Å²) in [5, 5.41) is -0.00726. The zero-order valence-electron chi connectivity index (χ0n) is 14.1. The molecule has 0 saturated carbocycles. The minimum absolute atomic E-state index is 0.00726. The van der Waals surface area contributed by atoms with Crippen molar-refractivity contribution in [3.8, 4) is 0 Å². The van der Waals surface area contributed by atoms with Gasteiger partial charge in [0.05, 0.1) is 17.1 Å². The fourth-order valence-corrected chi connectivity index (χ4v) is 4.24. The lowest BCUT2D eigenvalue weighted by molar-refractivity contribution is 0.0899. The topological polar surface area (TPSA) is 71.5 Å². The number of amides is 1. The van der Waals surface area contributed by atoms with Gasteiger partial charge < -0.3 is 14.4 Å². The zero-order chi connectivity index (χ0) is 18.4. The predicted molar refractivity (Wildman–Crippen MR) is 105 cm³/mol. The number of piperidine rings is 1. The predicted octanol–water partition coefficient (Wildman–Crippen LogP) is 3.72. The Morgan fingerprint density at radius 2 is 2.00 bits per heavy atom. The van der Waals surface area contributed by atoms with Crippen molar-refractivity contribution in [1.29, 1.82) is 0 Å². The molecule has 6 nitrogen and oxygen atoms in total. The van der Waals surface area contributed by atoms with E-state index in [1.807, 2.05) is 36.4 Å². The summed E-state index contributed by atoms with van der Waals surface area (Å²) in [6.07, 6.45) is 4.33. The molecule has 1 aromatic carbocycles. The van der Waals surface area contributed by atoms with Crippen LogP contribution in [0.1, 0.15) is 18.4 Å². The van der Waals surface area contributed by atoms with Crippen molar-refractivity contribution in [3.05, 3.63) is 58.8 Å². The van der Waals surface area contributed by atoms with Crippen LogP contribution in [0.5, 0.6) is 0 Å². The van der Waals surface area contributed by atoms with Gasteiger partial charge in [0.25, 0.3) is 0 Å². The number of carbonyl (C=O) groups excluding carboxylic acids is 1. The Hall–Kier alpha value is -1.93. The lowest BCUT2D eigenvalue weighted by Crippen LogP contribution is -2.42. The maximum absolute atomic E-state index is 12.5. The Labute approximate surface area is 163 Å². The van der Waals surface area contributed by atoms with Crippen LogP contribution in [0, 0.1) is 0 Å². The van der Waals surface area contributed by atoms with Gasteiger partial charge in [0.15, 0.2) is 0 Å². The standard InChI is InChI=1S/C18H20BrN3O3S/c19-15-10-16(12-20-11-15)21-26(24)17-6-8-22(9-7-17)18(23)25-13-14-4-2-1-3-5-14/h1-5,10-12,17,21H,6-9,13H2. The molecule has 0 radical (unpaired) electrons. The number of carbonyl (C=O) groups is 1. The first-order chi connectivity index (χ1) is 12.6. The van der Waals surface area contributed by atoms with Crippen molar-refractivity contribution in [2.45, 2.75) is 24.7 Å². The molecule has 2 aromatic rings. The van der Waals surface area contributed by atoms with E-state index in [2.05, 4.69) is 25.6 Å². The third-order valence-electron chi connectivity index (χ3n) is 4.13. The summed E-state index contributed by atoms with van der Waals surface area (Å²) < 4.78 is 21.7. The first-order valence-corrected chi connectivity index (χ1v) is 10.4. The highest BCUT2D eigenvalue weighted by Gasteiger charge is 2.27. The monoisotopic (exact) mass is 437 g/mol. The van der Waals surface area contributed by atoms with Crippen molar-refractivity contribution in [2.75, 3.05) is 17.8 Å². The van der Waals surface area contributed by atoms with Gasteiger partial charge in [-0.25, -0.2) is 9.00 Å². The molecule has 1 aliphatic rings. The number of aromatic nitrogens is 1. The maximum atomic E-state index is 12.5. The molecule has 138 valence electrons. The van der Waals surface area contributed by atoms with Gasteiger partial charge in [-0.3, -0.25) is 4.98 Å². The molecule has 1 atom stereocenters.